The molecule has 29 heavy (non-hydrogen) atoms. The number of benzene rings is 2. The van der Waals surface area contributed by atoms with Gasteiger partial charge in [-0.2, -0.15) is 0 Å². The van der Waals surface area contributed by atoms with Crippen molar-refractivity contribution in [3.05, 3.63) is 70.8 Å². The first-order chi connectivity index (χ1) is 13.9. The predicted octanol–water partition coefficient (Wildman–Crippen LogP) is 2.68. The molecule has 3 aromatic rings. The minimum Gasteiger partial charge on any atom is -0.495 e. The maximum absolute atomic E-state index is 12.4. The van der Waals surface area contributed by atoms with Crippen LogP contribution in [0.25, 0.3) is 0 Å². The van der Waals surface area contributed by atoms with Crippen LogP contribution in [-0.4, -0.2) is 34.8 Å². The van der Waals surface area contributed by atoms with Gasteiger partial charge in [-0.25, -0.2) is 4.98 Å². The Balaban J connectivity index is 1.69. The number of imidazole rings is 1. The number of amides is 3. The second-order valence-electron chi connectivity index (χ2n) is 5.80. The van der Waals surface area contributed by atoms with Crippen LogP contribution in [0.4, 0.5) is 11.4 Å². The molecule has 5 N–H and O–H groups in total. The summed E-state index contributed by atoms with van der Waals surface area (Å²) in [5, 5.41) is 5.53. The van der Waals surface area contributed by atoms with Crippen LogP contribution in [0.2, 0.25) is 5.02 Å². The molecule has 0 aliphatic rings. The standard InChI is InChI=1S/C19H16ClN5O4/c1-29-13-4-2-3-12(14(13)20)18(27)24-10-5-7-11(8-6-10)25-19(28)16-15(17(21)26)22-9-23-16/h2-9H,1H3,(H2,21,26)(H,22,23)(H,24,27)(H,25,28). The third-order valence-corrected chi connectivity index (χ3v) is 4.32. The van der Waals surface area contributed by atoms with Crippen molar-refractivity contribution in [3.63, 3.8) is 0 Å². The highest BCUT2D eigenvalue weighted by Gasteiger charge is 2.18. The van der Waals surface area contributed by atoms with Crippen molar-refractivity contribution in [1.82, 2.24) is 9.97 Å². The summed E-state index contributed by atoms with van der Waals surface area (Å²) in [7, 11) is 1.46. The molecule has 0 aliphatic carbocycles. The van der Waals surface area contributed by atoms with Crippen LogP contribution in [0.3, 0.4) is 0 Å². The average molecular weight is 414 g/mol. The van der Waals surface area contributed by atoms with Crippen LogP contribution in [0, 0.1) is 0 Å². The van der Waals surface area contributed by atoms with E-state index in [1.54, 1.807) is 42.5 Å². The molecule has 0 aliphatic heterocycles. The monoisotopic (exact) mass is 413 g/mol. The Morgan fingerprint density at radius 2 is 1.66 bits per heavy atom. The Kier molecular flexibility index (Phi) is 5.79. The third-order valence-electron chi connectivity index (χ3n) is 3.93. The summed E-state index contributed by atoms with van der Waals surface area (Å²) >= 11 is 6.16. The highest BCUT2D eigenvalue weighted by molar-refractivity contribution is 6.35. The minimum atomic E-state index is -0.814. The molecule has 1 heterocycles. The smallest absolute Gasteiger partial charge is 0.274 e. The van der Waals surface area contributed by atoms with E-state index >= 15 is 0 Å². The lowest BCUT2D eigenvalue weighted by Crippen LogP contribution is -2.20. The number of H-pyrrole nitrogens is 1. The number of aromatic amines is 1. The lowest BCUT2D eigenvalue weighted by atomic mass is 10.2. The Morgan fingerprint density at radius 1 is 1.03 bits per heavy atom. The molecular weight excluding hydrogens is 398 g/mol. The van der Waals surface area contributed by atoms with Gasteiger partial charge in [-0.15, -0.1) is 0 Å². The predicted molar refractivity (Wildman–Crippen MR) is 107 cm³/mol. The van der Waals surface area contributed by atoms with Crippen LogP contribution in [0.5, 0.6) is 5.75 Å². The van der Waals surface area contributed by atoms with E-state index in [2.05, 4.69) is 20.6 Å². The summed E-state index contributed by atoms with van der Waals surface area (Å²) in [4.78, 5) is 42.3. The second-order valence-corrected chi connectivity index (χ2v) is 6.18. The number of halogens is 1. The molecule has 1 aromatic heterocycles. The first-order valence-electron chi connectivity index (χ1n) is 8.29. The van der Waals surface area contributed by atoms with Gasteiger partial charge < -0.3 is 26.1 Å². The van der Waals surface area contributed by atoms with Gasteiger partial charge in [0.1, 0.15) is 11.4 Å². The van der Waals surface area contributed by atoms with E-state index in [0.717, 1.165) is 0 Å². The van der Waals surface area contributed by atoms with Crippen molar-refractivity contribution in [2.45, 2.75) is 0 Å². The van der Waals surface area contributed by atoms with Crippen molar-refractivity contribution in [1.29, 1.82) is 0 Å². The number of nitrogens with zero attached hydrogens (tertiary/aromatic N) is 1. The Morgan fingerprint density at radius 3 is 2.24 bits per heavy atom. The summed E-state index contributed by atoms with van der Waals surface area (Å²) < 4.78 is 5.10. The molecule has 3 amide bonds. The lowest BCUT2D eigenvalue weighted by molar-refractivity contribution is 0.0972. The second kappa shape index (κ2) is 8.44. The van der Waals surface area contributed by atoms with Crippen LogP contribution in [0.15, 0.2) is 48.8 Å². The van der Waals surface area contributed by atoms with Crippen molar-refractivity contribution >= 4 is 40.7 Å². The number of nitrogens with one attached hydrogen (secondary N) is 3. The third kappa shape index (κ3) is 4.36. The number of rotatable bonds is 6. The minimum absolute atomic E-state index is 0.0393. The van der Waals surface area contributed by atoms with Gasteiger partial charge in [-0.3, -0.25) is 14.4 Å². The van der Waals surface area contributed by atoms with Crippen LogP contribution in [-0.2, 0) is 0 Å². The Hall–Kier alpha value is -3.85. The maximum Gasteiger partial charge on any atom is 0.274 e. The normalized spacial score (nSPS) is 10.3. The number of anilines is 2. The Bertz CT molecular complexity index is 1080. The van der Waals surface area contributed by atoms with E-state index in [1.165, 1.54) is 13.4 Å². The molecule has 0 saturated heterocycles. The molecule has 3 rings (SSSR count). The van der Waals surface area contributed by atoms with E-state index in [4.69, 9.17) is 22.1 Å². The average Bonchev–Trinajstić information content (AvgIpc) is 3.20. The molecule has 0 radical (unpaired) electrons. The van der Waals surface area contributed by atoms with E-state index in [0.29, 0.717) is 17.1 Å². The van der Waals surface area contributed by atoms with Crippen LogP contribution < -0.4 is 21.1 Å². The fourth-order valence-electron chi connectivity index (χ4n) is 2.53. The van der Waals surface area contributed by atoms with E-state index < -0.39 is 17.7 Å². The van der Waals surface area contributed by atoms with Gasteiger partial charge in [0.25, 0.3) is 17.7 Å². The van der Waals surface area contributed by atoms with Gasteiger partial charge in [-0.1, -0.05) is 17.7 Å². The number of nitrogens with two attached hydrogens (primary N) is 1. The zero-order valence-electron chi connectivity index (χ0n) is 15.2. The SMILES string of the molecule is COc1cccc(C(=O)Nc2ccc(NC(=O)c3[nH]cnc3C(N)=O)cc2)c1Cl. The highest BCUT2D eigenvalue weighted by Crippen LogP contribution is 2.28. The van der Waals surface area contributed by atoms with E-state index in [-0.39, 0.29) is 22.0 Å². The van der Waals surface area contributed by atoms with Crippen molar-refractivity contribution in [2.24, 2.45) is 5.73 Å². The Labute approximate surface area is 170 Å². The number of hydrogen-bond acceptors (Lipinski definition) is 5. The zero-order valence-corrected chi connectivity index (χ0v) is 15.9. The molecule has 0 saturated carbocycles. The summed E-state index contributed by atoms with van der Waals surface area (Å²) in [6.45, 7) is 0. The molecule has 0 bridgehead atoms. The van der Waals surface area contributed by atoms with Gasteiger partial charge in [0, 0.05) is 11.4 Å². The van der Waals surface area contributed by atoms with Gasteiger partial charge in [0.15, 0.2) is 5.69 Å². The largest absolute Gasteiger partial charge is 0.495 e. The van der Waals surface area contributed by atoms with Crippen molar-refractivity contribution < 1.29 is 19.1 Å². The van der Waals surface area contributed by atoms with Gasteiger partial charge >= 0.3 is 0 Å². The highest BCUT2D eigenvalue weighted by atomic mass is 35.5. The summed E-state index contributed by atoms with van der Waals surface area (Å²) in [6.07, 6.45) is 1.21. The van der Waals surface area contributed by atoms with Crippen LogP contribution in [0.1, 0.15) is 31.3 Å². The molecule has 2 aromatic carbocycles. The molecule has 9 nitrogen and oxygen atoms in total. The van der Waals surface area contributed by atoms with Gasteiger partial charge in [0.05, 0.1) is 24.0 Å². The van der Waals surface area contributed by atoms with Crippen LogP contribution >= 0.6 is 11.6 Å². The number of carbonyl (C=O) groups excluding carboxylic acids is 3. The lowest BCUT2D eigenvalue weighted by Gasteiger charge is -2.10. The molecule has 0 fully saturated rings. The summed E-state index contributed by atoms with van der Waals surface area (Å²) in [6, 6.07) is 11.3. The molecular formula is C19H16ClN5O4. The molecule has 0 unspecified atom stereocenters. The first kappa shape index (κ1) is 19.9. The molecule has 148 valence electrons. The number of methoxy groups -OCH3 is 1. The molecule has 0 spiro atoms. The van der Waals surface area contributed by atoms with E-state index in [9.17, 15) is 14.4 Å². The maximum atomic E-state index is 12.4. The van der Waals surface area contributed by atoms with Crippen molar-refractivity contribution in [2.75, 3.05) is 17.7 Å². The number of primary amides is 1. The fourth-order valence-corrected chi connectivity index (χ4v) is 2.82. The quantitative estimate of drug-likeness (QED) is 0.492. The van der Waals surface area contributed by atoms with Gasteiger partial charge in [-0.05, 0) is 36.4 Å². The number of aromatic nitrogens is 2. The van der Waals surface area contributed by atoms with E-state index in [1.807, 2.05) is 0 Å². The van der Waals surface area contributed by atoms with Gasteiger partial charge in [0.2, 0.25) is 0 Å². The first-order valence-corrected chi connectivity index (χ1v) is 8.67. The number of carbonyl (C=O) groups is 3. The molecule has 10 heteroatoms. The zero-order chi connectivity index (χ0) is 21.0. The number of ether oxygens (including phenoxy) is 1. The molecule has 0 atom stereocenters. The summed E-state index contributed by atoms with van der Waals surface area (Å²) in [5.41, 5.74) is 6.18. The summed E-state index contributed by atoms with van der Waals surface area (Å²) in [5.74, 6) is -1.40. The number of hydrogen-bond donors (Lipinski definition) is 4. The van der Waals surface area contributed by atoms with Crippen molar-refractivity contribution in [3.8, 4) is 5.75 Å². The fraction of sp³-hybridized carbons (Fsp3) is 0.0526. The topological polar surface area (TPSA) is 139 Å².